The lowest BCUT2D eigenvalue weighted by Crippen LogP contribution is -2.13. The second kappa shape index (κ2) is 5.47. The number of ether oxygens (including phenoxy) is 1. The van der Waals surface area contributed by atoms with Gasteiger partial charge in [-0.15, -0.1) is 0 Å². The molecule has 1 aliphatic carbocycles. The molecule has 0 radical (unpaired) electrons. The van der Waals surface area contributed by atoms with Crippen LogP contribution >= 0.6 is 31.9 Å². The summed E-state index contributed by atoms with van der Waals surface area (Å²) in [5, 5.41) is 19.5. The number of nitro groups is 1. The third-order valence-corrected chi connectivity index (χ3v) is 4.31. The van der Waals surface area contributed by atoms with Gasteiger partial charge in [0.2, 0.25) is 0 Å². The number of rotatable bonds is 5. The molecule has 19 heavy (non-hydrogen) atoms. The summed E-state index contributed by atoms with van der Waals surface area (Å²) >= 11 is 6.54. The monoisotopic (exact) mass is 388 g/mol. The topological polar surface area (TPSA) is 76.2 Å². The smallest absolute Gasteiger partial charge is 0.271 e. The van der Waals surface area contributed by atoms with E-state index in [-0.39, 0.29) is 11.1 Å². The largest absolute Gasteiger partial charge is 0.491 e. The molecule has 0 heterocycles. The molecule has 100 valence electrons. The first-order valence-electron chi connectivity index (χ1n) is 5.61. The lowest BCUT2D eigenvalue weighted by atomic mass is 10.1. The quantitative estimate of drug-likeness (QED) is 0.558. The maximum atomic E-state index is 10.7. The van der Waals surface area contributed by atoms with Crippen LogP contribution in [0.1, 0.15) is 19.3 Å². The highest BCUT2D eigenvalue weighted by Crippen LogP contribution is 2.49. The second-order valence-corrected chi connectivity index (χ2v) is 6.33. The van der Waals surface area contributed by atoms with E-state index in [9.17, 15) is 10.1 Å². The van der Waals surface area contributed by atoms with Crippen LogP contribution < -0.4 is 4.74 Å². The van der Waals surface area contributed by atoms with Gasteiger partial charge >= 0.3 is 0 Å². The van der Waals surface area contributed by atoms with Crippen LogP contribution in [0.3, 0.4) is 0 Å². The fourth-order valence-corrected chi connectivity index (χ4v) is 3.12. The highest BCUT2D eigenvalue weighted by atomic mass is 79.9. The zero-order valence-electron chi connectivity index (χ0n) is 9.86. The van der Waals surface area contributed by atoms with E-state index in [1.165, 1.54) is 12.1 Å². The fraction of sp³-hybridized carbons (Fsp3) is 0.417. The Morgan fingerprint density at radius 1 is 1.42 bits per heavy atom. The van der Waals surface area contributed by atoms with Gasteiger partial charge < -0.3 is 4.74 Å². The summed E-state index contributed by atoms with van der Waals surface area (Å²) in [6.07, 6.45) is 2.46. The Morgan fingerprint density at radius 3 is 2.42 bits per heavy atom. The lowest BCUT2D eigenvalue weighted by Gasteiger charge is -2.15. The SMILES string of the molecule is N#CCC1(COc2c(Br)cc([N+](=O)[O-])cc2Br)CC1. The van der Waals surface area contributed by atoms with Crippen molar-refractivity contribution >= 4 is 37.5 Å². The molecule has 0 bridgehead atoms. The zero-order chi connectivity index (χ0) is 14.0. The summed E-state index contributed by atoms with van der Waals surface area (Å²) in [5.74, 6) is 0.537. The van der Waals surface area contributed by atoms with Crippen molar-refractivity contribution in [1.82, 2.24) is 0 Å². The summed E-state index contributed by atoms with van der Waals surface area (Å²) < 4.78 is 6.77. The van der Waals surface area contributed by atoms with E-state index in [2.05, 4.69) is 37.9 Å². The van der Waals surface area contributed by atoms with Gasteiger partial charge in [-0.25, -0.2) is 0 Å². The number of benzene rings is 1. The molecule has 0 N–H and O–H groups in total. The first kappa shape index (κ1) is 14.3. The number of non-ortho nitro benzene ring substituents is 1. The van der Waals surface area contributed by atoms with Gasteiger partial charge in [0.15, 0.2) is 0 Å². The third-order valence-electron chi connectivity index (χ3n) is 3.13. The van der Waals surface area contributed by atoms with Crippen molar-refractivity contribution in [2.24, 2.45) is 5.41 Å². The van der Waals surface area contributed by atoms with E-state index < -0.39 is 4.92 Å². The van der Waals surface area contributed by atoms with Gasteiger partial charge in [0, 0.05) is 24.0 Å². The van der Waals surface area contributed by atoms with E-state index >= 15 is 0 Å². The molecule has 0 aromatic heterocycles. The van der Waals surface area contributed by atoms with Crippen LogP contribution in [0.15, 0.2) is 21.1 Å². The molecule has 0 spiro atoms. The van der Waals surface area contributed by atoms with E-state index in [1.54, 1.807) is 0 Å². The fourth-order valence-electron chi connectivity index (χ4n) is 1.73. The minimum Gasteiger partial charge on any atom is -0.491 e. The Bertz CT molecular complexity index is 542. The van der Waals surface area contributed by atoms with Crippen molar-refractivity contribution in [2.45, 2.75) is 19.3 Å². The van der Waals surface area contributed by atoms with Crippen molar-refractivity contribution in [3.05, 3.63) is 31.2 Å². The number of hydrogen-bond acceptors (Lipinski definition) is 4. The first-order chi connectivity index (χ1) is 8.97. The zero-order valence-corrected chi connectivity index (χ0v) is 13.0. The van der Waals surface area contributed by atoms with Crippen molar-refractivity contribution in [2.75, 3.05) is 6.61 Å². The van der Waals surface area contributed by atoms with Gasteiger partial charge in [-0.05, 0) is 44.7 Å². The van der Waals surface area contributed by atoms with E-state index in [0.717, 1.165) is 12.8 Å². The van der Waals surface area contributed by atoms with Gasteiger partial charge in [-0.2, -0.15) is 5.26 Å². The Labute approximate surface area is 127 Å². The number of nitriles is 1. The summed E-state index contributed by atoms with van der Waals surface area (Å²) in [6, 6.07) is 4.98. The average molecular weight is 390 g/mol. The number of nitrogens with zero attached hydrogens (tertiary/aromatic N) is 2. The molecule has 0 unspecified atom stereocenters. The van der Waals surface area contributed by atoms with Crippen molar-refractivity contribution < 1.29 is 9.66 Å². The van der Waals surface area contributed by atoms with E-state index in [1.807, 2.05) is 0 Å². The second-order valence-electron chi connectivity index (χ2n) is 4.62. The molecular weight excluding hydrogens is 380 g/mol. The minimum atomic E-state index is -0.461. The molecule has 0 saturated heterocycles. The molecule has 0 amide bonds. The van der Waals surface area contributed by atoms with E-state index in [4.69, 9.17) is 10.00 Å². The van der Waals surface area contributed by atoms with Crippen LogP contribution in [-0.4, -0.2) is 11.5 Å². The number of hydrogen-bond donors (Lipinski definition) is 0. The molecule has 0 atom stereocenters. The maximum Gasteiger partial charge on any atom is 0.271 e. The minimum absolute atomic E-state index is 0.00994. The Morgan fingerprint density at radius 2 is 2.00 bits per heavy atom. The summed E-state index contributed by atoms with van der Waals surface area (Å²) in [4.78, 5) is 10.3. The number of halogens is 2. The molecule has 1 aromatic rings. The van der Waals surface area contributed by atoms with Gasteiger partial charge in [-0.1, -0.05) is 0 Å². The molecule has 1 aromatic carbocycles. The third kappa shape index (κ3) is 3.25. The molecule has 1 aliphatic rings. The van der Waals surface area contributed by atoms with Gasteiger partial charge in [0.1, 0.15) is 5.75 Å². The lowest BCUT2D eigenvalue weighted by molar-refractivity contribution is -0.385. The predicted octanol–water partition coefficient (Wildman–Crippen LogP) is 4.19. The van der Waals surface area contributed by atoms with Gasteiger partial charge in [0.05, 0.1) is 26.5 Å². The van der Waals surface area contributed by atoms with Crippen LogP contribution in [0.25, 0.3) is 0 Å². The van der Waals surface area contributed by atoms with E-state index in [0.29, 0.717) is 27.7 Å². The van der Waals surface area contributed by atoms with Crippen LogP contribution in [0.5, 0.6) is 5.75 Å². The van der Waals surface area contributed by atoms with Crippen LogP contribution in [-0.2, 0) is 0 Å². The Hall–Kier alpha value is -1.13. The van der Waals surface area contributed by atoms with Crippen LogP contribution in [0, 0.1) is 26.9 Å². The summed E-state index contributed by atoms with van der Waals surface area (Å²) in [6.45, 7) is 0.454. The first-order valence-corrected chi connectivity index (χ1v) is 7.19. The normalized spacial score (nSPS) is 15.6. The molecule has 2 rings (SSSR count). The standard InChI is InChI=1S/C12H10Br2N2O3/c13-9-5-8(16(17)18)6-10(14)11(9)19-7-12(1-2-12)3-4-15/h5-6H,1-3,7H2. The Kier molecular flexibility index (Phi) is 4.11. The van der Waals surface area contributed by atoms with Crippen molar-refractivity contribution in [3.8, 4) is 11.8 Å². The van der Waals surface area contributed by atoms with Gasteiger partial charge in [-0.3, -0.25) is 10.1 Å². The van der Waals surface area contributed by atoms with Crippen molar-refractivity contribution in [1.29, 1.82) is 5.26 Å². The van der Waals surface area contributed by atoms with Crippen LogP contribution in [0.4, 0.5) is 5.69 Å². The highest BCUT2D eigenvalue weighted by Gasteiger charge is 2.43. The molecule has 1 fully saturated rings. The van der Waals surface area contributed by atoms with Gasteiger partial charge in [0.25, 0.3) is 5.69 Å². The number of nitro benzene ring substituents is 1. The average Bonchev–Trinajstić information content (AvgIpc) is 3.08. The molecule has 5 nitrogen and oxygen atoms in total. The Balaban J connectivity index is 2.13. The molecule has 1 saturated carbocycles. The van der Waals surface area contributed by atoms with Crippen molar-refractivity contribution in [3.63, 3.8) is 0 Å². The molecular formula is C12H10Br2N2O3. The predicted molar refractivity (Wildman–Crippen MR) is 75.9 cm³/mol. The summed E-state index contributed by atoms with van der Waals surface area (Å²) in [5.41, 5.74) is -0.0423. The maximum absolute atomic E-state index is 10.7. The summed E-state index contributed by atoms with van der Waals surface area (Å²) in [7, 11) is 0. The molecule has 0 aliphatic heterocycles. The van der Waals surface area contributed by atoms with Crippen LogP contribution in [0.2, 0.25) is 0 Å². The highest BCUT2D eigenvalue weighted by molar-refractivity contribution is 9.11. The molecule has 7 heteroatoms.